The Morgan fingerprint density at radius 3 is 2.44 bits per heavy atom. The first-order chi connectivity index (χ1) is 16.4. The first-order valence-electron chi connectivity index (χ1n) is 11.0. The molecule has 1 aromatic carbocycles. The van der Waals surface area contributed by atoms with Crippen LogP contribution in [0.4, 0.5) is 17.2 Å². The highest BCUT2D eigenvalue weighted by Crippen LogP contribution is 2.36. The van der Waals surface area contributed by atoms with Crippen molar-refractivity contribution in [1.82, 2.24) is 13.9 Å². The van der Waals surface area contributed by atoms with E-state index >= 15 is 0 Å². The van der Waals surface area contributed by atoms with Crippen LogP contribution in [0.15, 0.2) is 64.9 Å². The number of methoxy groups -OCH3 is 1. The average molecular weight is 482 g/mol. The van der Waals surface area contributed by atoms with E-state index in [2.05, 4.69) is 26.8 Å². The Bertz CT molecular complexity index is 1310. The average Bonchev–Trinajstić information content (AvgIpc) is 3.30. The Morgan fingerprint density at radius 2 is 1.74 bits per heavy atom. The topological polar surface area (TPSA) is 109 Å². The lowest BCUT2D eigenvalue weighted by Gasteiger charge is -2.35. The second kappa shape index (κ2) is 8.75. The number of aromatic nitrogens is 2. The molecule has 0 radical (unpaired) electrons. The zero-order valence-corrected chi connectivity index (χ0v) is 19.9. The molecule has 0 saturated carbocycles. The Hall–Kier alpha value is -3.41. The molecule has 2 aromatic heterocycles. The molecule has 11 heteroatoms. The number of nitrogens with two attached hydrogens (primary N) is 1. The lowest BCUT2D eigenvalue weighted by Crippen LogP contribution is -2.44. The van der Waals surface area contributed by atoms with Crippen LogP contribution in [0.3, 0.4) is 0 Å². The van der Waals surface area contributed by atoms with Gasteiger partial charge < -0.3 is 14.5 Å². The fraction of sp³-hybridized carbons (Fsp3) is 0.304. The molecule has 3 aromatic rings. The van der Waals surface area contributed by atoms with Gasteiger partial charge in [0.2, 0.25) is 0 Å². The summed E-state index contributed by atoms with van der Waals surface area (Å²) in [6, 6.07) is 11.1. The zero-order valence-electron chi connectivity index (χ0n) is 19.1. The van der Waals surface area contributed by atoms with Crippen LogP contribution in [-0.2, 0) is 10.0 Å². The van der Waals surface area contributed by atoms with Crippen molar-refractivity contribution in [1.29, 1.82) is 0 Å². The second-order valence-electron chi connectivity index (χ2n) is 8.32. The van der Waals surface area contributed by atoms with E-state index in [9.17, 15) is 8.42 Å². The number of benzene rings is 1. The molecule has 2 aliphatic heterocycles. The van der Waals surface area contributed by atoms with Crippen molar-refractivity contribution in [2.24, 2.45) is 10.7 Å². The summed E-state index contributed by atoms with van der Waals surface area (Å²) in [5, 5.41) is 0. The van der Waals surface area contributed by atoms with Crippen molar-refractivity contribution >= 4 is 33.4 Å². The summed E-state index contributed by atoms with van der Waals surface area (Å²) < 4.78 is 33.5. The molecule has 1 unspecified atom stereocenters. The number of hydrogen-bond acceptors (Lipinski definition) is 9. The second-order valence-corrected chi connectivity index (χ2v) is 10.1. The molecular weight excluding hydrogens is 454 g/mol. The van der Waals surface area contributed by atoms with Gasteiger partial charge in [0.15, 0.2) is 6.29 Å². The lowest BCUT2D eigenvalue weighted by molar-refractivity contribution is 0.313. The Labute approximate surface area is 198 Å². The minimum atomic E-state index is -3.96. The van der Waals surface area contributed by atoms with Gasteiger partial charge in [0.25, 0.3) is 10.0 Å². The fourth-order valence-corrected chi connectivity index (χ4v) is 5.57. The van der Waals surface area contributed by atoms with Crippen molar-refractivity contribution < 1.29 is 13.2 Å². The van der Waals surface area contributed by atoms with Gasteiger partial charge in [-0.15, -0.1) is 0 Å². The number of rotatable bonds is 5. The number of piperazine rings is 1. The number of hydrogen-bond donors (Lipinski definition) is 1. The van der Waals surface area contributed by atoms with Gasteiger partial charge in [0.05, 0.1) is 13.3 Å². The summed E-state index contributed by atoms with van der Waals surface area (Å²) in [6.07, 6.45) is 5.10. The number of ether oxygens (including phenoxy) is 1. The van der Waals surface area contributed by atoms with Crippen LogP contribution in [0.1, 0.15) is 5.56 Å². The monoisotopic (exact) mass is 481 g/mol. The molecule has 178 valence electrons. The molecular formula is C23H27N7O3S. The minimum Gasteiger partial charge on any atom is -0.495 e. The maximum Gasteiger partial charge on any atom is 0.270 e. The van der Waals surface area contributed by atoms with E-state index in [1.54, 1.807) is 17.2 Å². The molecule has 5 rings (SSSR count). The molecule has 34 heavy (non-hydrogen) atoms. The Kier molecular flexibility index (Phi) is 5.76. The van der Waals surface area contributed by atoms with E-state index in [4.69, 9.17) is 10.5 Å². The minimum absolute atomic E-state index is 0.0201. The molecule has 2 aliphatic rings. The molecule has 0 amide bonds. The molecule has 2 N–H and O–H groups in total. The molecule has 1 saturated heterocycles. The third kappa shape index (κ3) is 3.91. The van der Waals surface area contributed by atoms with Crippen molar-refractivity contribution in [2.75, 3.05) is 50.1 Å². The molecule has 0 aliphatic carbocycles. The first kappa shape index (κ1) is 22.4. The molecule has 1 fully saturated rings. The van der Waals surface area contributed by atoms with E-state index in [0.29, 0.717) is 17.1 Å². The summed E-state index contributed by atoms with van der Waals surface area (Å²) in [5.74, 6) is 0.786. The summed E-state index contributed by atoms with van der Waals surface area (Å²) in [7, 11) is -0.370. The van der Waals surface area contributed by atoms with Crippen LogP contribution in [-0.4, -0.2) is 75.1 Å². The summed E-state index contributed by atoms with van der Waals surface area (Å²) in [4.78, 5) is 14.8. The van der Waals surface area contributed by atoms with Gasteiger partial charge in [-0.1, -0.05) is 0 Å². The third-order valence-electron chi connectivity index (χ3n) is 6.19. The highest BCUT2D eigenvalue weighted by Gasteiger charge is 2.31. The SMILES string of the molecule is COc1cncc(S(=O)(=O)n2ccc3c2N(c2ccc(N4CCN(C)CC4)cc2)C(N)N=C3)c1. The quantitative estimate of drug-likeness (QED) is 0.587. The highest BCUT2D eigenvalue weighted by atomic mass is 32.2. The van der Waals surface area contributed by atoms with E-state index < -0.39 is 16.3 Å². The smallest absolute Gasteiger partial charge is 0.270 e. The normalized spacial score (nSPS) is 18.7. The third-order valence-corrected chi connectivity index (χ3v) is 7.82. The highest BCUT2D eigenvalue weighted by molar-refractivity contribution is 7.90. The van der Waals surface area contributed by atoms with Crippen LogP contribution in [0.5, 0.6) is 5.75 Å². The van der Waals surface area contributed by atoms with E-state index in [0.717, 1.165) is 37.6 Å². The summed E-state index contributed by atoms with van der Waals surface area (Å²) >= 11 is 0. The van der Waals surface area contributed by atoms with Crippen LogP contribution < -0.4 is 20.3 Å². The van der Waals surface area contributed by atoms with Crippen LogP contribution in [0.25, 0.3) is 0 Å². The number of anilines is 3. The predicted molar refractivity (Wildman–Crippen MR) is 132 cm³/mol. The van der Waals surface area contributed by atoms with E-state index in [1.807, 2.05) is 24.3 Å². The van der Waals surface area contributed by atoms with Gasteiger partial charge in [0, 0.05) is 67.8 Å². The van der Waals surface area contributed by atoms with E-state index in [1.165, 1.54) is 35.7 Å². The van der Waals surface area contributed by atoms with Crippen molar-refractivity contribution in [2.45, 2.75) is 11.2 Å². The molecule has 0 spiro atoms. The standard InChI is InChI=1S/C23H27N7O3S/c1-27-9-11-28(12-10-27)18-3-5-19(6-4-18)30-22-17(14-26-23(30)24)7-8-29(22)34(31,32)21-13-20(33-2)15-25-16-21/h3-8,13-16,23H,9-12,24H2,1-2H3. The fourth-order valence-electron chi connectivity index (χ4n) is 4.24. The van der Waals surface area contributed by atoms with E-state index in [-0.39, 0.29) is 4.90 Å². The molecule has 1 atom stereocenters. The first-order valence-corrected chi connectivity index (χ1v) is 12.4. The number of aliphatic imine (C=N–C) groups is 1. The number of likely N-dealkylation sites (N-methyl/N-ethyl adjacent to an activating group) is 1. The summed E-state index contributed by atoms with van der Waals surface area (Å²) in [6.45, 7) is 3.95. The number of nitrogens with zero attached hydrogens (tertiary/aromatic N) is 6. The number of pyridine rings is 1. The number of fused-ring (bicyclic) bond motifs is 1. The van der Waals surface area contributed by atoms with Crippen LogP contribution in [0, 0.1) is 0 Å². The molecule has 4 heterocycles. The van der Waals surface area contributed by atoms with Gasteiger partial charge in [0.1, 0.15) is 16.5 Å². The Balaban J connectivity index is 1.52. The largest absolute Gasteiger partial charge is 0.495 e. The van der Waals surface area contributed by atoms with Crippen LogP contribution in [0.2, 0.25) is 0 Å². The zero-order chi connectivity index (χ0) is 23.9. The van der Waals surface area contributed by atoms with Crippen molar-refractivity contribution in [3.05, 3.63) is 60.6 Å². The van der Waals surface area contributed by atoms with Gasteiger partial charge in [-0.05, 0) is 37.4 Å². The van der Waals surface area contributed by atoms with Gasteiger partial charge >= 0.3 is 0 Å². The molecule has 10 nitrogen and oxygen atoms in total. The van der Waals surface area contributed by atoms with Gasteiger partial charge in [-0.25, -0.2) is 12.4 Å². The van der Waals surface area contributed by atoms with Gasteiger partial charge in [-0.2, -0.15) is 0 Å². The maximum absolute atomic E-state index is 13.6. The van der Waals surface area contributed by atoms with Gasteiger partial charge in [-0.3, -0.25) is 20.6 Å². The molecule has 0 bridgehead atoms. The predicted octanol–water partition coefficient (Wildman–Crippen LogP) is 1.69. The van der Waals surface area contributed by atoms with Crippen molar-refractivity contribution in [3.8, 4) is 5.75 Å². The van der Waals surface area contributed by atoms with Crippen molar-refractivity contribution in [3.63, 3.8) is 0 Å². The van der Waals surface area contributed by atoms with Crippen LogP contribution >= 0.6 is 0 Å². The summed E-state index contributed by atoms with van der Waals surface area (Å²) in [5.41, 5.74) is 8.88. The lowest BCUT2D eigenvalue weighted by atomic mass is 10.2. The Morgan fingerprint density at radius 1 is 1.03 bits per heavy atom. The maximum atomic E-state index is 13.6.